The lowest BCUT2D eigenvalue weighted by Gasteiger charge is -2.15. The third-order valence-corrected chi connectivity index (χ3v) is 8.07. The van der Waals surface area contributed by atoms with E-state index >= 15 is 0 Å². The molecule has 45 heavy (non-hydrogen) atoms. The van der Waals surface area contributed by atoms with Crippen LogP contribution in [-0.2, 0) is 0 Å². The summed E-state index contributed by atoms with van der Waals surface area (Å²) in [6.07, 6.45) is 0. The summed E-state index contributed by atoms with van der Waals surface area (Å²) in [6, 6.07) is 24.7. The van der Waals surface area contributed by atoms with Gasteiger partial charge in [0.05, 0.1) is 40.1 Å². The summed E-state index contributed by atoms with van der Waals surface area (Å²) in [7, 11) is 0. The first-order valence-electron chi connectivity index (χ1n) is 18.9. The van der Waals surface area contributed by atoms with E-state index in [1.165, 1.54) is 0 Å². The first-order chi connectivity index (χ1) is 26.0. The van der Waals surface area contributed by atoms with Crippen molar-refractivity contribution in [3.05, 3.63) is 151 Å². The van der Waals surface area contributed by atoms with Crippen LogP contribution in [0.25, 0.3) is 78.0 Å². The van der Waals surface area contributed by atoms with Crippen molar-refractivity contribution in [2.45, 2.75) is 6.92 Å². The second-order valence-corrected chi connectivity index (χ2v) is 10.7. The minimum absolute atomic E-state index is 0.113. The fourth-order valence-corrected chi connectivity index (χ4v) is 6.14. The van der Waals surface area contributed by atoms with Gasteiger partial charge in [-0.05, 0) is 49.4 Å². The lowest BCUT2D eigenvalue weighted by Crippen LogP contribution is -2.07. The number of fused-ring (bicyclic) bond motifs is 6. The zero-order chi connectivity index (χ0) is 37.7. The van der Waals surface area contributed by atoms with Gasteiger partial charge in [-0.3, -0.25) is 4.57 Å². The van der Waals surface area contributed by atoms with Gasteiger partial charge >= 0.3 is 0 Å². The highest BCUT2D eigenvalue weighted by molar-refractivity contribution is 6.10. The van der Waals surface area contributed by atoms with Crippen LogP contribution in [0.3, 0.4) is 0 Å². The Balaban J connectivity index is 1.42. The highest BCUT2D eigenvalue weighted by Crippen LogP contribution is 2.37. The van der Waals surface area contributed by atoms with Crippen LogP contribution in [0.15, 0.2) is 145 Å². The Morgan fingerprint density at radius 1 is 0.511 bits per heavy atom. The fraction of sp³-hybridized carbons (Fsp3) is 0.0250. The molecule has 0 N–H and O–H groups in total. The van der Waals surface area contributed by atoms with Crippen LogP contribution in [0, 0.1) is 6.92 Å². The van der Waals surface area contributed by atoms with Crippen LogP contribution in [0.2, 0.25) is 0 Å². The van der Waals surface area contributed by atoms with Crippen molar-refractivity contribution < 1.29 is 12.3 Å². The van der Waals surface area contributed by atoms with Gasteiger partial charge in [0.1, 0.15) is 0 Å². The van der Waals surface area contributed by atoms with Crippen LogP contribution >= 0.6 is 0 Å². The maximum Gasteiger partial charge on any atom is 0.238 e. The molecule has 9 aromatic rings. The van der Waals surface area contributed by atoms with E-state index < -0.39 is 30.2 Å². The molecule has 0 saturated heterocycles. The molecule has 5 nitrogen and oxygen atoms in total. The van der Waals surface area contributed by atoms with Gasteiger partial charge in [0.2, 0.25) is 5.95 Å². The quantitative estimate of drug-likeness (QED) is 0.206. The molecule has 5 heteroatoms. The molecule has 0 unspecified atom stereocenters. The Kier molecular flexibility index (Phi) is 3.98. The van der Waals surface area contributed by atoms with Gasteiger partial charge in [0.25, 0.3) is 0 Å². The molecular formula is C40H27N5. The molecule has 0 spiro atoms. The third kappa shape index (κ3) is 3.98. The third-order valence-electron chi connectivity index (χ3n) is 8.07. The first-order valence-corrected chi connectivity index (χ1v) is 14.4. The minimum Gasteiger partial charge on any atom is -0.309 e. The van der Waals surface area contributed by atoms with Crippen molar-refractivity contribution >= 4 is 43.6 Å². The normalized spacial score (nSPS) is 14.5. The van der Waals surface area contributed by atoms with Crippen molar-refractivity contribution in [1.82, 2.24) is 24.1 Å². The molecule has 0 aliphatic carbocycles. The molecule has 0 fully saturated rings. The van der Waals surface area contributed by atoms with E-state index in [9.17, 15) is 0 Å². The Morgan fingerprint density at radius 2 is 1.16 bits per heavy atom. The molecule has 0 saturated carbocycles. The lowest BCUT2D eigenvalue weighted by molar-refractivity contribution is 0.951. The molecular weight excluding hydrogens is 550 g/mol. The maximum absolute atomic E-state index is 9.02. The highest BCUT2D eigenvalue weighted by atomic mass is 15.2. The van der Waals surface area contributed by atoms with Gasteiger partial charge in [-0.15, -0.1) is 0 Å². The predicted molar refractivity (Wildman–Crippen MR) is 184 cm³/mol. The summed E-state index contributed by atoms with van der Waals surface area (Å²) in [4.78, 5) is 14.7. The van der Waals surface area contributed by atoms with Crippen molar-refractivity contribution in [3.63, 3.8) is 0 Å². The number of para-hydroxylation sites is 4. The molecule has 0 aliphatic rings. The van der Waals surface area contributed by atoms with E-state index in [2.05, 4.69) is 6.07 Å². The number of benzene rings is 6. The molecule has 0 amide bonds. The summed E-state index contributed by atoms with van der Waals surface area (Å²) < 4.78 is 81.3. The summed E-state index contributed by atoms with van der Waals surface area (Å²) in [6.45, 7) is 2.01. The molecule has 0 bridgehead atoms. The van der Waals surface area contributed by atoms with Crippen molar-refractivity contribution in [1.29, 1.82) is 0 Å². The Bertz CT molecular complexity index is 3050. The summed E-state index contributed by atoms with van der Waals surface area (Å²) in [5.74, 6) is 0.127. The monoisotopic (exact) mass is 586 g/mol. The van der Waals surface area contributed by atoms with Crippen LogP contribution in [0.1, 0.15) is 17.9 Å². The molecule has 9 rings (SSSR count). The zero-order valence-corrected chi connectivity index (χ0v) is 23.9. The van der Waals surface area contributed by atoms with Gasteiger partial charge in [0, 0.05) is 32.7 Å². The Morgan fingerprint density at radius 3 is 2.00 bits per heavy atom. The highest BCUT2D eigenvalue weighted by Gasteiger charge is 2.21. The lowest BCUT2D eigenvalue weighted by atomic mass is 10.1. The largest absolute Gasteiger partial charge is 0.309 e. The van der Waals surface area contributed by atoms with Crippen LogP contribution in [-0.4, -0.2) is 24.1 Å². The topological polar surface area (TPSA) is 48.5 Å². The minimum atomic E-state index is -0.540. The van der Waals surface area contributed by atoms with Gasteiger partial charge in [-0.2, -0.15) is 9.97 Å². The number of aryl methyl sites for hydroxylation is 1. The van der Waals surface area contributed by atoms with Crippen molar-refractivity contribution in [2.24, 2.45) is 0 Å². The second kappa shape index (κ2) is 10.00. The van der Waals surface area contributed by atoms with E-state index in [-0.39, 0.29) is 52.8 Å². The van der Waals surface area contributed by atoms with Crippen LogP contribution in [0.5, 0.6) is 0 Å². The summed E-state index contributed by atoms with van der Waals surface area (Å²) in [5.41, 5.74) is 4.28. The Hall–Kier alpha value is -6.07. The van der Waals surface area contributed by atoms with Crippen LogP contribution in [0.4, 0.5) is 0 Å². The van der Waals surface area contributed by atoms with Gasteiger partial charge in [-0.1, -0.05) is 109 Å². The van der Waals surface area contributed by atoms with Gasteiger partial charge < -0.3 is 4.57 Å². The summed E-state index contributed by atoms with van der Waals surface area (Å²) >= 11 is 0. The molecule has 6 aromatic carbocycles. The van der Waals surface area contributed by atoms with Crippen molar-refractivity contribution in [2.75, 3.05) is 0 Å². The predicted octanol–water partition coefficient (Wildman–Crippen LogP) is 9.71. The zero-order valence-electron chi connectivity index (χ0n) is 32.9. The number of hydrogen-bond donors (Lipinski definition) is 0. The average molecular weight is 587 g/mol. The maximum atomic E-state index is 9.02. The number of rotatable bonds is 4. The number of hydrogen-bond acceptors (Lipinski definition) is 3. The molecule has 0 atom stereocenters. The molecule has 3 heterocycles. The SMILES string of the molecule is [2H]c1c([2H])c([2H])c(-c2nc(-c3ccccc3-n3c4ccccc4c4c([2H])c([2H])c([2H])c([2H])c43)nc(-n3c4ccccc4c4cc(C)ccc43)n2)c([2H])c1[2H]. The Labute approximate surface area is 272 Å². The molecule has 212 valence electrons. The van der Waals surface area contributed by atoms with E-state index in [1.54, 1.807) is 28.8 Å². The second-order valence-electron chi connectivity index (χ2n) is 10.7. The molecule has 0 radical (unpaired) electrons. The number of nitrogens with zero attached hydrogens (tertiary/aromatic N) is 5. The summed E-state index contributed by atoms with van der Waals surface area (Å²) in [5, 5.41) is 2.90. The first kappa shape index (κ1) is 17.9. The van der Waals surface area contributed by atoms with Crippen molar-refractivity contribution in [3.8, 4) is 34.4 Å². The van der Waals surface area contributed by atoms with E-state index in [1.807, 2.05) is 72.2 Å². The van der Waals surface area contributed by atoms with E-state index in [0.717, 1.165) is 27.4 Å². The average Bonchev–Trinajstić information content (AvgIpc) is 3.71. The van der Waals surface area contributed by atoms with Crippen LogP contribution < -0.4 is 0 Å². The van der Waals surface area contributed by atoms with E-state index in [0.29, 0.717) is 27.5 Å². The number of aromatic nitrogens is 5. The smallest absolute Gasteiger partial charge is 0.238 e. The molecule has 3 aromatic heterocycles. The standard InChI is InChI=1S/C40H27N5/c1-26-23-24-37-32(25-26)30-17-7-11-21-35(30)45(37)40-42-38(27-13-3-2-4-14-27)41-39(43-40)31-18-8-12-22-36(31)44-33-19-9-5-15-28(33)29-16-6-10-20-34(29)44/h2-25H,1H3/i2D,3D,4D,5D,9D,13D,14D,15D,19D. The van der Waals surface area contributed by atoms with Gasteiger partial charge in [-0.25, -0.2) is 4.98 Å². The van der Waals surface area contributed by atoms with Gasteiger partial charge in [0.15, 0.2) is 11.6 Å². The van der Waals surface area contributed by atoms with E-state index in [4.69, 9.17) is 27.3 Å². The fourth-order valence-electron chi connectivity index (χ4n) is 6.14. The molecule has 0 aliphatic heterocycles.